The summed E-state index contributed by atoms with van der Waals surface area (Å²) in [5.74, 6) is 1.16. The number of thiophene rings is 1. The van der Waals surface area contributed by atoms with Crippen LogP contribution in [-0.2, 0) is 0 Å². The second-order valence-corrected chi connectivity index (χ2v) is 5.43. The van der Waals surface area contributed by atoms with Gasteiger partial charge < -0.3 is 10.2 Å². The molecule has 0 radical (unpaired) electrons. The van der Waals surface area contributed by atoms with E-state index in [9.17, 15) is 0 Å². The molecule has 2 aromatic rings. The molecular formula is C12H15N3S. The van der Waals surface area contributed by atoms with Crippen LogP contribution < -0.4 is 10.2 Å². The second kappa shape index (κ2) is 4.03. The lowest BCUT2D eigenvalue weighted by Gasteiger charge is -2.28. The van der Waals surface area contributed by atoms with Gasteiger partial charge in [-0.1, -0.05) is 0 Å². The Morgan fingerprint density at radius 2 is 2.19 bits per heavy atom. The first-order valence-corrected chi connectivity index (χ1v) is 6.47. The first-order valence-electron chi connectivity index (χ1n) is 5.65. The topological polar surface area (TPSA) is 28.2 Å². The van der Waals surface area contributed by atoms with E-state index in [0.717, 1.165) is 32.0 Å². The molecule has 16 heavy (non-hydrogen) atoms. The minimum atomic E-state index is 1.06. The van der Waals surface area contributed by atoms with E-state index in [1.54, 1.807) is 0 Å². The lowest BCUT2D eigenvalue weighted by Crippen LogP contribution is -2.43. The highest BCUT2D eigenvalue weighted by Crippen LogP contribution is 2.31. The number of nitrogens with one attached hydrogen (secondary N) is 1. The van der Waals surface area contributed by atoms with Crippen molar-refractivity contribution in [2.75, 3.05) is 31.1 Å². The Morgan fingerprint density at radius 3 is 3.00 bits per heavy atom. The van der Waals surface area contributed by atoms with Crippen LogP contribution in [-0.4, -0.2) is 31.2 Å². The summed E-state index contributed by atoms with van der Waals surface area (Å²) < 4.78 is 1.35. The van der Waals surface area contributed by atoms with Crippen molar-refractivity contribution in [1.82, 2.24) is 10.3 Å². The summed E-state index contributed by atoms with van der Waals surface area (Å²) in [5.41, 5.74) is 0. The molecule has 1 N–H and O–H groups in total. The van der Waals surface area contributed by atoms with E-state index in [0.29, 0.717) is 0 Å². The van der Waals surface area contributed by atoms with Gasteiger partial charge in [0, 0.05) is 47.3 Å². The van der Waals surface area contributed by atoms with Crippen LogP contribution in [0.25, 0.3) is 10.1 Å². The van der Waals surface area contributed by atoms with E-state index in [4.69, 9.17) is 0 Å². The maximum atomic E-state index is 4.55. The molecule has 0 aliphatic carbocycles. The van der Waals surface area contributed by atoms with E-state index in [1.807, 2.05) is 17.5 Å². The number of piperazine rings is 1. The number of rotatable bonds is 1. The lowest BCUT2D eigenvalue weighted by atomic mass is 10.2. The van der Waals surface area contributed by atoms with Crippen molar-refractivity contribution < 1.29 is 0 Å². The van der Waals surface area contributed by atoms with Gasteiger partial charge in [0.15, 0.2) is 0 Å². The first-order chi connectivity index (χ1) is 7.84. The molecule has 0 atom stereocenters. The molecule has 1 fully saturated rings. The average molecular weight is 233 g/mol. The molecule has 1 aliphatic heterocycles. The van der Waals surface area contributed by atoms with Crippen LogP contribution in [0.3, 0.4) is 0 Å². The van der Waals surface area contributed by atoms with E-state index in [2.05, 4.69) is 34.3 Å². The van der Waals surface area contributed by atoms with Crippen LogP contribution in [0.5, 0.6) is 0 Å². The largest absolute Gasteiger partial charge is 0.354 e. The van der Waals surface area contributed by atoms with E-state index >= 15 is 0 Å². The summed E-state index contributed by atoms with van der Waals surface area (Å²) in [6, 6.07) is 4.36. The Labute approximate surface area is 99.1 Å². The van der Waals surface area contributed by atoms with E-state index in [1.165, 1.54) is 15.0 Å². The number of nitrogens with zero attached hydrogens (tertiary/aromatic N) is 2. The highest BCUT2D eigenvalue weighted by atomic mass is 32.1. The smallest absolute Gasteiger partial charge is 0.137 e. The highest BCUT2D eigenvalue weighted by Gasteiger charge is 2.15. The van der Waals surface area contributed by atoms with Crippen molar-refractivity contribution in [2.45, 2.75) is 6.92 Å². The fourth-order valence-electron chi connectivity index (χ4n) is 2.20. The molecule has 0 bridgehead atoms. The maximum Gasteiger partial charge on any atom is 0.137 e. The Hall–Kier alpha value is -1.13. The molecule has 1 saturated heterocycles. The Bertz CT molecular complexity index is 500. The number of aryl methyl sites for hydroxylation is 1. The van der Waals surface area contributed by atoms with Gasteiger partial charge in [-0.3, -0.25) is 0 Å². The van der Waals surface area contributed by atoms with Crippen LogP contribution in [0, 0.1) is 6.92 Å². The number of anilines is 1. The van der Waals surface area contributed by atoms with Crippen LogP contribution >= 0.6 is 11.3 Å². The van der Waals surface area contributed by atoms with Gasteiger partial charge in [0.2, 0.25) is 0 Å². The third-order valence-electron chi connectivity index (χ3n) is 2.96. The molecule has 0 unspecified atom stereocenters. The predicted molar refractivity (Wildman–Crippen MR) is 69.4 cm³/mol. The van der Waals surface area contributed by atoms with Gasteiger partial charge in [-0.2, -0.15) is 0 Å². The van der Waals surface area contributed by atoms with E-state index in [-0.39, 0.29) is 0 Å². The molecule has 0 saturated carbocycles. The van der Waals surface area contributed by atoms with Crippen LogP contribution in [0.1, 0.15) is 4.88 Å². The van der Waals surface area contributed by atoms with Crippen LogP contribution in [0.2, 0.25) is 0 Å². The van der Waals surface area contributed by atoms with Gasteiger partial charge in [0.25, 0.3) is 0 Å². The molecule has 3 heterocycles. The highest BCUT2D eigenvalue weighted by molar-refractivity contribution is 7.19. The van der Waals surface area contributed by atoms with Crippen molar-refractivity contribution in [3.8, 4) is 0 Å². The van der Waals surface area contributed by atoms with Gasteiger partial charge in [0.05, 0.1) is 0 Å². The second-order valence-electron chi connectivity index (χ2n) is 4.14. The normalized spacial score (nSPS) is 16.9. The number of hydrogen-bond donors (Lipinski definition) is 1. The van der Waals surface area contributed by atoms with Crippen molar-refractivity contribution >= 4 is 27.2 Å². The summed E-state index contributed by atoms with van der Waals surface area (Å²) in [6.07, 6.45) is 1.93. The third-order valence-corrected chi connectivity index (χ3v) is 3.98. The Kier molecular flexibility index (Phi) is 2.53. The SMILES string of the molecule is Cc1cc2c(N3CCNCC3)nccc2s1. The first kappa shape index (κ1) is 10.1. The van der Waals surface area contributed by atoms with Gasteiger partial charge in [0.1, 0.15) is 5.82 Å². The number of pyridine rings is 1. The molecule has 4 heteroatoms. The van der Waals surface area contributed by atoms with Crippen molar-refractivity contribution in [3.63, 3.8) is 0 Å². The van der Waals surface area contributed by atoms with Crippen LogP contribution in [0.4, 0.5) is 5.82 Å². The standard InChI is InChI=1S/C12H15N3S/c1-9-8-10-11(16-9)2-3-14-12(10)15-6-4-13-5-7-15/h2-3,8,13H,4-7H2,1H3. The van der Waals surface area contributed by atoms with Crippen molar-refractivity contribution in [2.24, 2.45) is 0 Å². The molecular weight excluding hydrogens is 218 g/mol. The number of aromatic nitrogens is 1. The predicted octanol–water partition coefficient (Wildman–Crippen LogP) is 2.01. The molecule has 2 aromatic heterocycles. The van der Waals surface area contributed by atoms with Crippen molar-refractivity contribution in [3.05, 3.63) is 23.2 Å². The third kappa shape index (κ3) is 1.68. The fraction of sp³-hybridized carbons (Fsp3) is 0.417. The van der Waals surface area contributed by atoms with Gasteiger partial charge in [-0.25, -0.2) is 4.98 Å². The fourth-order valence-corrected chi connectivity index (χ4v) is 3.12. The number of fused-ring (bicyclic) bond motifs is 1. The molecule has 84 valence electrons. The van der Waals surface area contributed by atoms with Gasteiger partial charge in [-0.15, -0.1) is 11.3 Å². The average Bonchev–Trinajstić information content (AvgIpc) is 2.70. The zero-order chi connectivity index (χ0) is 11.0. The van der Waals surface area contributed by atoms with Gasteiger partial charge in [-0.05, 0) is 19.1 Å². The molecule has 3 nitrogen and oxygen atoms in total. The summed E-state index contributed by atoms with van der Waals surface area (Å²) in [6.45, 7) is 6.39. The van der Waals surface area contributed by atoms with Gasteiger partial charge >= 0.3 is 0 Å². The minimum absolute atomic E-state index is 1.06. The minimum Gasteiger partial charge on any atom is -0.354 e. The van der Waals surface area contributed by atoms with E-state index < -0.39 is 0 Å². The Morgan fingerprint density at radius 1 is 1.38 bits per heavy atom. The number of hydrogen-bond acceptors (Lipinski definition) is 4. The maximum absolute atomic E-state index is 4.55. The summed E-state index contributed by atoms with van der Waals surface area (Å²) in [4.78, 5) is 8.29. The molecule has 3 rings (SSSR count). The molecule has 0 aromatic carbocycles. The summed E-state index contributed by atoms with van der Waals surface area (Å²) >= 11 is 1.85. The quantitative estimate of drug-likeness (QED) is 0.816. The zero-order valence-corrected chi connectivity index (χ0v) is 10.2. The molecule has 0 spiro atoms. The van der Waals surface area contributed by atoms with Crippen molar-refractivity contribution in [1.29, 1.82) is 0 Å². The lowest BCUT2D eigenvalue weighted by molar-refractivity contribution is 0.586. The zero-order valence-electron chi connectivity index (χ0n) is 9.36. The Balaban J connectivity index is 2.07. The monoisotopic (exact) mass is 233 g/mol. The van der Waals surface area contributed by atoms with Crippen LogP contribution in [0.15, 0.2) is 18.3 Å². The molecule has 1 aliphatic rings. The summed E-state index contributed by atoms with van der Waals surface area (Å²) in [5, 5.41) is 4.68. The summed E-state index contributed by atoms with van der Waals surface area (Å²) in [7, 11) is 0. The molecule has 0 amide bonds.